The molecule has 0 saturated carbocycles. The Morgan fingerprint density at radius 2 is 2.31 bits per heavy atom. The highest BCUT2D eigenvalue weighted by molar-refractivity contribution is 5.41. The minimum Gasteiger partial charge on any atom is -0.294 e. The van der Waals surface area contributed by atoms with Crippen LogP contribution in [0.15, 0.2) is 29.7 Å². The topological polar surface area (TPSA) is 80.9 Å². The van der Waals surface area contributed by atoms with Crippen LogP contribution in [-0.4, -0.2) is 29.4 Å². The Balaban J connectivity index is 2.36. The minimum atomic E-state index is -0.205. The zero-order valence-electron chi connectivity index (χ0n) is 8.45. The van der Waals surface area contributed by atoms with Crippen LogP contribution in [0, 0.1) is 6.92 Å². The van der Waals surface area contributed by atoms with E-state index < -0.39 is 0 Å². The minimum absolute atomic E-state index is 0.205. The first kappa shape index (κ1) is 8.84. The average molecular weight is 216 g/mol. The van der Waals surface area contributed by atoms with Gasteiger partial charge in [-0.1, -0.05) is 0 Å². The predicted molar refractivity (Wildman–Crippen MR) is 55.5 cm³/mol. The smallest absolute Gasteiger partial charge is 0.294 e. The molecular formula is C9H8N6O. The van der Waals surface area contributed by atoms with E-state index in [-0.39, 0.29) is 5.56 Å². The van der Waals surface area contributed by atoms with Crippen molar-refractivity contribution in [1.82, 2.24) is 29.4 Å². The second kappa shape index (κ2) is 3.02. The molecule has 3 heterocycles. The van der Waals surface area contributed by atoms with Gasteiger partial charge in [0.15, 0.2) is 11.3 Å². The Labute approximate surface area is 89.4 Å². The molecular weight excluding hydrogens is 208 g/mol. The zero-order chi connectivity index (χ0) is 11.1. The molecule has 0 bridgehead atoms. The predicted octanol–water partition coefficient (Wildman–Crippen LogP) is -0.0883. The Kier molecular flexibility index (Phi) is 1.67. The molecule has 7 nitrogen and oxygen atoms in total. The van der Waals surface area contributed by atoms with Crippen LogP contribution in [-0.2, 0) is 0 Å². The molecule has 3 rings (SSSR count). The van der Waals surface area contributed by atoms with Crippen LogP contribution < -0.4 is 5.56 Å². The quantitative estimate of drug-likeness (QED) is 0.616. The number of aryl methyl sites for hydroxylation is 1. The van der Waals surface area contributed by atoms with Crippen molar-refractivity contribution in [3.8, 4) is 5.69 Å². The summed E-state index contributed by atoms with van der Waals surface area (Å²) in [4.78, 5) is 20.0. The molecule has 0 amide bonds. The average Bonchev–Trinajstić information content (AvgIpc) is 2.86. The number of aromatic nitrogens is 6. The SMILES string of the molecule is Cc1cc2ncc(-n3cncn3)c(=O)n2[nH]1. The fraction of sp³-hybridized carbons (Fsp3) is 0.111. The lowest BCUT2D eigenvalue weighted by Gasteiger charge is -1.99. The van der Waals surface area contributed by atoms with Gasteiger partial charge in [-0.05, 0) is 6.92 Å². The highest BCUT2D eigenvalue weighted by Crippen LogP contribution is 2.02. The molecule has 7 heteroatoms. The van der Waals surface area contributed by atoms with E-state index in [9.17, 15) is 4.79 Å². The summed E-state index contributed by atoms with van der Waals surface area (Å²) in [5, 5.41) is 6.81. The van der Waals surface area contributed by atoms with E-state index in [4.69, 9.17) is 0 Å². The van der Waals surface area contributed by atoms with Crippen LogP contribution in [0.5, 0.6) is 0 Å². The summed E-state index contributed by atoms with van der Waals surface area (Å²) >= 11 is 0. The van der Waals surface area contributed by atoms with Crippen molar-refractivity contribution in [2.24, 2.45) is 0 Å². The third-order valence-electron chi connectivity index (χ3n) is 2.27. The molecule has 0 atom stereocenters. The zero-order valence-corrected chi connectivity index (χ0v) is 8.45. The van der Waals surface area contributed by atoms with E-state index in [1.54, 1.807) is 6.07 Å². The molecule has 0 aliphatic carbocycles. The summed E-state index contributed by atoms with van der Waals surface area (Å²) in [5.41, 5.74) is 1.62. The van der Waals surface area contributed by atoms with E-state index in [1.165, 1.54) is 28.0 Å². The van der Waals surface area contributed by atoms with E-state index in [1.807, 2.05) is 6.92 Å². The molecule has 0 aliphatic rings. The fourth-order valence-corrected chi connectivity index (χ4v) is 1.56. The summed E-state index contributed by atoms with van der Waals surface area (Å²) in [7, 11) is 0. The molecule has 0 aromatic carbocycles. The second-order valence-corrected chi connectivity index (χ2v) is 3.42. The lowest BCUT2D eigenvalue weighted by molar-refractivity contribution is 0.809. The van der Waals surface area contributed by atoms with Gasteiger partial charge in [0.25, 0.3) is 5.56 Å². The number of aromatic amines is 1. The van der Waals surface area contributed by atoms with Gasteiger partial charge in [0.2, 0.25) is 0 Å². The van der Waals surface area contributed by atoms with Crippen molar-refractivity contribution in [3.63, 3.8) is 0 Å². The van der Waals surface area contributed by atoms with Gasteiger partial charge in [-0.3, -0.25) is 9.89 Å². The van der Waals surface area contributed by atoms with Crippen LogP contribution in [0.2, 0.25) is 0 Å². The third-order valence-corrected chi connectivity index (χ3v) is 2.27. The van der Waals surface area contributed by atoms with Gasteiger partial charge in [0.1, 0.15) is 12.7 Å². The molecule has 3 aromatic rings. The van der Waals surface area contributed by atoms with Crippen LogP contribution in [0.1, 0.15) is 5.69 Å². The third kappa shape index (κ3) is 1.14. The van der Waals surface area contributed by atoms with Crippen LogP contribution in [0.3, 0.4) is 0 Å². The molecule has 16 heavy (non-hydrogen) atoms. The van der Waals surface area contributed by atoms with E-state index >= 15 is 0 Å². The highest BCUT2D eigenvalue weighted by Gasteiger charge is 2.08. The van der Waals surface area contributed by atoms with Crippen LogP contribution >= 0.6 is 0 Å². The summed E-state index contributed by atoms with van der Waals surface area (Å²) in [6.07, 6.45) is 4.31. The van der Waals surface area contributed by atoms with E-state index in [2.05, 4.69) is 20.2 Å². The van der Waals surface area contributed by atoms with Gasteiger partial charge < -0.3 is 0 Å². The van der Waals surface area contributed by atoms with Crippen molar-refractivity contribution in [2.75, 3.05) is 0 Å². The lowest BCUT2D eigenvalue weighted by Crippen LogP contribution is -2.21. The molecule has 1 N–H and O–H groups in total. The van der Waals surface area contributed by atoms with Gasteiger partial charge in [-0.2, -0.15) is 9.61 Å². The number of H-pyrrole nitrogens is 1. The van der Waals surface area contributed by atoms with Gasteiger partial charge in [0.05, 0.1) is 6.20 Å². The van der Waals surface area contributed by atoms with Gasteiger partial charge in [-0.15, -0.1) is 0 Å². The van der Waals surface area contributed by atoms with Crippen LogP contribution in [0.4, 0.5) is 0 Å². The normalized spacial score (nSPS) is 11.1. The summed E-state index contributed by atoms with van der Waals surface area (Å²) in [6.45, 7) is 1.86. The Morgan fingerprint density at radius 3 is 3.06 bits per heavy atom. The fourth-order valence-electron chi connectivity index (χ4n) is 1.56. The Bertz CT molecular complexity index is 692. The molecule has 0 radical (unpaired) electrons. The Morgan fingerprint density at radius 1 is 1.44 bits per heavy atom. The first-order valence-corrected chi connectivity index (χ1v) is 4.68. The standard InChI is InChI=1S/C9H8N6O/c1-6-2-8-11-3-7(9(16)15(8)13-6)14-5-10-4-12-14/h2-5,13H,1H3. The molecule has 0 fully saturated rings. The lowest BCUT2D eigenvalue weighted by atomic mass is 10.5. The van der Waals surface area contributed by atoms with Crippen molar-refractivity contribution >= 4 is 5.65 Å². The van der Waals surface area contributed by atoms with E-state index in [0.717, 1.165) is 5.69 Å². The molecule has 0 saturated heterocycles. The number of fused-ring (bicyclic) bond motifs is 1. The summed E-state index contributed by atoms with van der Waals surface area (Å²) in [6, 6.07) is 1.80. The molecule has 0 spiro atoms. The second-order valence-electron chi connectivity index (χ2n) is 3.42. The monoisotopic (exact) mass is 216 g/mol. The van der Waals surface area contributed by atoms with E-state index in [0.29, 0.717) is 11.3 Å². The first-order chi connectivity index (χ1) is 7.75. The van der Waals surface area contributed by atoms with Gasteiger partial charge in [0, 0.05) is 11.8 Å². The maximum absolute atomic E-state index is 12.0. The van der Waals surface area contributed by atoms with Crippen molar-refractivity contribution in [1.29, 1.82) is 0 Å². The molecule has 80 valence electrons. The van der Waals surface area contributed by atoms with Gasteiger partial charge >= 0.3 is 0 Å². The largest absolute Gasteiger partial charge is 0.298 e. The van der Waals surface area contributed by atoms with Gasteiger partial charge in [-0.25, -0.2) is 14.6 Å². The van der Waals surface area contributed by atoms with Crippen molar-refractivity contribution in [3.05, 3.63) is 41.0 Å². The molecule has 3 aromatic heterocycles. The van der Waals surface area contributed by atoms with Crippen molar-refractivity contribution in [2.45, 2.75) is 6.92 Å². The number of rotatable bonds is 1. The van der Waals surface area contributed by atoms with Crippen molar-refractivity contribution < 1.29 is 0 Å². The number of hydrogen-bond acceptors (Lipinski definition) is 4. The maximum atomic E-state index is 12.0. The first-order valence-electron chi connectivity index (χ1n) is 4.68. The summed E-state index contributed by atoms with van der Waals surface area (Å²) < 4.78 is 2.77. The molecule has 0 unspecified atom stereocenters. The molecule has 0 aliphatic heterocycles. The van der Waals surface area contributed by atoms with Crippen LogP contribution in [0.25, 0.3) is 11.3 Å². The highest BCUT2D eigenvalue weighted by atomic mass is 16.1. The maximum Gasteiger partial charge on any atom is 0.298 e. The number of nitrogens with one attached hydrogen (secondary N) is 1. The number of nitrogens with zero attached hydrogens (tertiary/aromatic N) is 5. The Hall–Kier alpha value is -2.44. The number of hydrogen-bond donors (Lipinski definition) is 1. The summed E-state index contributed by atoms with van der Waals surface area (Å²) in [5.74, 6) is 0.